The predicted molar refractivity (Wildman–Crippen MR) is 87.1 cm³/mol. The molecule has 0 aliphatic heterocycles. The summed E-state index contributed by atoms with van der Waals surface area (Å²) in [5, 5.41) is 3.48. The number of benzene rings is 1. The number of hydrogen-bond acceptors (Lipinski definition) is 2. The van der Waals surface area contributed by atoms with Crippen LogP contribution in [-0.2, 0) is 0 Å². The van der Waals surface area contributed by atoms with Gasteiger partial charge in [-0.05, 0) is 58.1 Å². The molecule has 1 saturated carbocycles. The molecule has 2 nitrogen and oxygen atoms in total. The molecule has 0 aromatic heterocycles. The fourth-order valence-electron chi connectivity index (χ4n) is 3.87. The average Bonchev–Trinajstić information content (AvgIpc) is 2.70. The quantitative estimate of drug-likeness (QED) is 0.842. The third kappa shape index (κ3) is 3.29. The van der Waals surface area contributed by atoms with Gasteiger partial charge < -0.3 is 10.2 Å². The highest BCUT2D eigenvalue weighted by molar-refractivity contribution is 5.28. The second kappa shape index (κ2) is 6.89. The molecule has 118 valence electrons. The van der Waals surface area contributed by atoms with E-state index in [2.05, 4.69) is 30.4 Å². The molecular weight excluding hydrogens is 263 g/mol. The summed E-state index contributed by atoms with van der Waals surface area (Å²) >= 11 is 0. The highest BCUT2D eigenvalue weighted by atomic mass is 19.1. The van der Waals surface area contributed by atoms with Crippen LogP contribution in [0.3, 0.4) is 0 Å². The second-order valence-corrected chi connectivity index (χ2v) is 6.64. The highest BCUT2D eigenvalue weighted by Gasteiger charge is 2.41. The molecule has 0 radical (unpaired) electrons. The standard InChI is InChI=1S/C18H29FN2/c1-14-9-10-15(13-16(14)19)17(20-2)18(21(3)4)11-7-5-6-8-12-18/h9-10,13,17,20H,5-8,11-12H2,1-4H3. The van der Waals surface area contributed by atoms with Crippen molar-refractivity contribution in [1.82, 2.24) is 10.2 Å². The number of hydrogen-bond donors (Lipinski definition) is 1. The number of aryl methyl sites for hydroxylation is 1. The molecule has 21 heavy (non-hydrogen) atoms. The first-order valence-corrected chi connectivity index (χ1v) is 8.12. The smallest absolute Gasteiger partial charge is 0.126 e. The van der Waals surface area contributed by atoms with Gasteiger partial charge in [0, 0.05) is 5.54 Å². The molecular formula is C18H29FN2. The maximum absolute atomic E-state index is 14.0. The molecule has 1 N–H and O–H groups in total. The van der Waals surface area contributed by atoms with Gasteiger partial charge in [0.1, 0.15) is 5.82 Å². The predicted octanol–water partition coefficient (Wildman–Crippen LogP) is 4.05. The summed E-state index contributed by atoms with van der Waals surface area (Å²) in [5.74, 6) is -0.102. The topological polar surface area (TPSA) is 15.3 Å². The van der Waals surface area contributed by atoms with Gasteiger partial charge in [-0.2, -0.15) is 0 Å². The van der Waals surface area contributed by atoms with Crippen LogP contribution >= 0.6 is 0 Å². The van der Waals surface area contributed by atoms with Crippen LogP contribution in [0.1, 0.15) is 55.7 Å². The molecule has 1 aromatic carbocycles. The van der Waals surface area contributed by atoms with E-state index in [9.17, 15) is 4.39 Å². The zero-order chi connectivity index (χ0) is 15.5. The average molecular weight is 292 g/mol. The summed E-state index contributed by atoms with van der Waals surface area (Å²) in [6.07, 6.45) is 7.47. The largest absolute Gasteiger partial charge is 0.311 e. The van der Waals surface area contributed by atoms with Gasteiger partial charge in [-0.3, -0.25) is 0 Å². The molecule has 0 bridgehead atoms. The molecule has 1 atom stereocenters. The lowest BCUT2D eigenvalue weighted by Crippen LogP contribution is -2.53. The van der Waals surface area contributed by atoms with Crippen molar-refractivity contribution in [2.45, 2.75) is 57.0 Å². The number of nitrogens with one attached hydrogen (secondary N) is 1. The zero-order valence-electron chi connectivity index (χ0n) is 13.9. The lowest BCUT2D eigenvalue weighted by Gasteiger charge is -2.46. The fourth-order valence-corrected chi connectivity index (χ4v) is 3.87. The van der Waals surface area contributed by atoms with Crippen molar-refractivity contribution in [3.8, 4) is 0 Å². The summed E-state index contributed by atoms with van der Waals surface area (Å²) in [4.78, 5) is 2.36. The minimum atomic E-state index is -0.102. The first-order chi connectivity index (χ1) is 10.0. The van der Waals surface area contributed by atoms with Crippen molar-refractivity contribution in [3.05, 3.63) is 35.1 Å². The van der Waals surface area contributed by atoms with Gasteiger partial charge in [-0.1, -0.05) is 37.8 Å². The van der Waals surface area contributed by atoms with Crippen molar-refractivity contribution < 1.29 is 4.39 Å². The van der Waals surface area contributed by atoms with Crippen LogP contribution in [0, 0.1) is 12.7 Å². The van der Waals surface area contributed by atoms with Crippen molar-refractivity contribution in [2.24, 2.45) is 0 Å². The van der Waals surface area contributed by atoms with Gasteiger partial charge >= 0.3 is 0 Å². The first-order valence-electron chi connectivity index (χ1n) is 8.12. The van der Waals surface area contributed by atoms with E-state index in [1.807, 2.05) is 20.0 Å². The van der Waals surface area contributed by atoms with E-state index in [0.717, 1.165) is 5.56 Å². The number of likely N-dealkylation sites (N-methyl/N-ethyl adjacent to an activating group) is 2. The van der Waals surface area contributed by atoms with E-state index >= 15 is 0 Å². The second-order valence-electron chi connectivity index (χ2n) is 6.64. The SMILES string of the molecule is CNC(c1ccc(C)c(F)c1)C1(N(C)C)CCCCCC1. The molecule has 0 amide bonds. The Morgan fingerprint density at radius 2 is 1.76 bits per heavy atom. The Morgan fingerprint density at radius 1 is 1.14 bits per heavy atom. The number of rotatable bonds is 4. The zero-order valence-corrected chi connectivity index (χ0v) is 13.9. The number of halogens is 1. The minimum absolute atomic E-state index is 0.0763. The molecule has 2 rings (SSSR count). The molecule has 0 saturated heterocycles. The maximum Gasteiger partial charge on any atom is 0.126 e. The van der Waals surface area contributed by atoms with Crippen molar-refractivity contribution in [2.75, 3.05) is 21.1 Å². The Morgan fingerprint density at radius 3 is 2.24 bits per heavy atom. The monoisotopic (exact) mass is 292 g/mol. The molecule has 1 aliphatic rings. The van der Waals surface area contributed by atoms with Gasteiger partial charge in [-0.25, -0.2) is 4.39 Å². The van der Waals surface area contributed by atoms with Crippen molar-refractivity contribution in [3.63, 3.8) is 0 Å². The minimum Gasteiger partial charge on any atom is -0.311 e. The maximum atomic E-state index is 14.0. The van der Waals surface area contributed by atoms with E-state index in [0.29, 0.717) is 5.56 Å². The van der Waals surface area contributed by atoms with Crippen molar-refractivity contribution in [1.29, 1.82) is 0 Å². The molecule has 1 aromatic rings. The lowest BCUT2D eigenvalue weighted by atomic mass is 9.78. The third-order valence-electron chi connectivity index (χ3n) is 5.22. The first kappa shape index (κ1) is 16.4. The molecule has 1 aliphatic carbocycles. The Hall–Kier alpha value is -0.930. The van der Waals surface area contributed by atoms with Gasteiger partial charge in [0.25, 0.3) is 0 Å². The van der Waals surface area contributed by atoms with E-state index in [1.54, 1.807) is 6.07 Å². The Bertz CT molecular complexity index is 462. The Balaban J connectivity index is 2.41. The fraction of sp³-hybridized carbons (Fsp3) is 0.667. The molecule has 3 heteroatoms. The summed E-state index contributed by atoms with van der Waals surface area (Å²) < 4.78 is 14.0. The van der Waals surface area contributed by atoms with E-state index in [-0.39, 0.29) is 17.4 Å². The summed E-state index contributed by atoms with van der Waals surface area (Å²) in [5.41, 5.74) is 1.86. The molecule has 0 spiro atoms. The lowest BCUT2D eigenvalue weighted by molar-refractivity contribution is 0.0833. The third-order valence-corrected chi connectivity index (χ3v) is 5.22. The summed E-state index contributed by atoms with van der Waals surface area (Å²) in [6, 6.07) is 5.86. The van der Waals surface area contributed by atoms with Crippen LogP contribution in [0.4, 0.5) is 4.39 Å². The van der Waals surface area contributed by atoms with Gasteiger partial charge in [0.2, 0.25) is 0 Å². The van der Waals surface area contributed by atoms with Crippen LogP contribution in [0.2, 0.25) is 0 Å². The van der Waals surface area contributed by atoms with E-state index in [4.69, 9.17) is 0 Å². The summed E-state index contributed by atoms with van der Waals surface area (Å²) in [7, 11) is 6.33. The van der Waals surface area contributed by atoms with Gasteiger partial charge in [-0.15, -0.1) is 0 Å². The molecule has 0 heterocycles. The number of nitrogens with zero attached hydrogens (tertiary/aromatic N) is 1. The van der Waals surface area contributed by atoms with Crippen LogP contribution in [0.5, 0.6) is 0 Å². The van der Waals surface area contributed by atoms with Crippen LogP contribution in [0.25, 0.3) is 0 Å². The normalized spacial score (nSPS) is 20.3. The Kier molecular flexibility index (Phi) is 5.39. The summed E-state index contributed by atoms with van der Waals surface area (Å²) in [6.45, 7) is 1.82. The van der Waals surface area contributed by atoms with Crippen LogP contribution in [0.15, 0.2) is 18.2 Å². The van der Waals surface area contributed by atoms with E-state index in [1.165, 1.54) is 38.5 Å². The molecule has 1 fully saturated rings. The van der Waals surface area contributed by atoms with Crippen LogP contribution < -0.4 is 5.32 Å². The highest BCUT2D eigenvalue weighted by Crippen LogP contribution is 2.41. The van der Waals surface area contributed by atoms with Crippen LogP contribution in [-0.4, -0.2) is 31.6 Å². The van der Waals surface area contributed by atoms with Gasteiger partial charge in [0.05, 0.1) is 6.04 Å². The Labute approximate surface area is 128 Å². The molecule has 1 unspecified atom stereocenters. The van der Waals surface area contributed by atoms with E-state index < -0.39 is 0 Å². The van der Waals surface area contributed by atoms with Gasteiger partial charge in [0.15, 0.2) is 0 Å². The van der Waals surface area contributed by atoms with Crippen molar-refractivity contribution >= 4 is 0 Å².